The van der Waals surface area contributed by atoms with Crippen molar-refractivity contribution in [3.8, 4) is 16.3 Å². The molecule has 5 heteroatoms. The molecule has 30 heavy (non-hydrogen) atoms. The Balaban J connectivity index is 1.29. The molecule has 2 atom stereocenters. The maximum absolute atomic E-state index is 13.1. The number of ketones is 1. The number of epoxide rings is 1. The number of para-hydroxylation sites is 1. The lowest BCUT2D eigenvalue weighted by atomic mass is 10.0. The molecule has 1 aromatic heterocycles. The number of thiazole rings is 1. The summed E-state index contributed by atoms with van der Waals surface area (Å²) in [4.78, 5) is 17.7. The third-order valence-electron chi connectivity index (χ3n) is 4.97. The topological polar surface area (TPSA) is 51.7 Å². The summed E-state index contributed by atoms with van der Waals surface area (Å²) in [5.41, 5.74) is 3.47. The van der Waals surface area contributed by atoms with E-state index < -0.39 is 6.10 Å². The lowest BCUT2D eigenvalue weighted by molar-refractivity contribution is 0.0949. The Hall–Kier alpha value is -3.28. The summed E-state index contributed by atoms with van der Waals surface area (Å²) in [7, 11) is 0. The van der Waals surface area contributed by atoms with E-state index in [-0.39, 0.29) is 11.9 Å². The van der Waals surface area contributed by atoms with Gasteiger partial charge in [0, 0.05) is 10.9 Å². The van der Waals surface area contributed by atoms with Crippen molar-refractivity contribution < 1.29 is 14.3 Å². The first-order valence-corrected chi connectivity index (χ1v) is 10.6. The Morgan fingerprint density at radius 3 is 2.43 bits per heavy atom. The summed E-state index contributed by atoms with van der Waals surface area (Å²) < 4.78 is 11.7. The van der Waals surface area contributed by atoms with Gasteiger partial charge in [0.2, 0.25) is 0 Å². The van der Waals surface area contributed by atoms with Crippen LogP contribution in [0.1, 0.15) is 27.7 Å². The van der Waals surface area contributed by atoms with Gasteiger partial charge in [-0.2, -0.15) is 0 Å². The molecule has 0 bridgehead atoms. The molecule has 4 aromatic rings. The second-order valence-electron chi connectivity index (χ2n) is 7.06. The first-order valence-electron chi connectivity index (χ1n) is 9.76. The largest absolute Gasteiger partial charge is 0.488 e. The Kier molecular flexibility index (Phi) is 5.13. The fourth-order valence-electron chi connectivity index (χ4n) is 3.35. The van der Waals surface area contributed by atoms with Crippen molar-refractivity contribution in [3.63, 3.8) is 0 Å². The number of carbonyl (C=O) groups excluding carboxylic acids is 1. The van der Waals surface area contributed by atoms with E-state index in [0.29, 0.717) is 17.9 Å². The number of aromatic nitrogens is 1. The first kappa shape index (κ1) is 18.7. The number of rotatable bonds is 7. The van der Waals surface area contributed by atoms with Crippen molar-refractivity contribution in [2.24, 2.45) is 0 Å². The molecule has 1 fully saturated rings. The smallest absolute Gasteiger partial charge is 0.198 e. The molecule has 0 spiro atoms. The molecule has 0 saturated carbocycles. The van der Waals surface area contributed by atoms with Crippen LogP contribution in [0.2, 0.25) is 0 Å². The molecule has 1 aliphatic heterocycles. The van der Waals surface area contributed by atoms with E-state index in [2.05, 4.69) is 4.98 Å². The lowest BCUT2D eigenvalue weighted by Crippen LogP contribution is -2.11. The van der Waals surface area contributed by atoms with Crippen LogP contribution in [0.4, 0.5) is 0 Å². The average molecular weight is 413 g/mol. The van der Waals surface area contributed by atoms with Gasteiger partial charge in [0.1, 0.15) is 23.5 Å². The van der Waals surface area contributed by atoms with Gasteiger partial charge < -0.3 is 9.47 Å². The van der Waals surface area contributed by atoms with Gasteiger partial charge in [-0.25, -0.2) is 4.98 Å². The standard InChI is InChI=1S/C25H19NO3S/c27-22(19-13-7-8-14-21(19)28-15-17-9-3-1-4-10-17)24-23(29-24)20-16-30-25(26-20)18-11-5-2-6-12-18/h1-14,16,23-24H,15H2/t23-,24-/m0/s1. The fourth-order valence-corrected chi connectivity index (χ4v) is 4.20. The van der Waals surface area contributed by atoms with Crippen molar-refractivity contribution in [3.05, 3.63) is 107 Å². The fraction of sp³-hybridized carbons (Fsp3) is 0.120. The Bertz CT molecular complexity index is 1160. The van der Waals surface area contributed by atoms with Crippen LogP contribution in [-0.4, -0.2) is 16.9 Å². The van der Waals surface area contributed by atoms with Gasteiger partial charge in [-0.1, -0.05) is 72.8 Å². The summed E-state index contributed by atoms with van der Waals surface area (Å²) in [6.07, 6.45) is -0.814. The third kappa shape index (κ3) is 3.90. The molecule has 148 valence electrons. The maximum Gasteiger partial charge on any atom is 0.198 e. The van der Waals surface area contributed by atoms with E-state index in [1.165, 1.54) is 0 Å². The van der Waals surface area contributed by atoms with Gasteiger partial charge >= 0.3 is 0 Å². The molecule has 1 aliphatic rings. The zero-order valence-electron chi connectivity index (χ0n) is 16.1. The minimum absolute atomic E-state index is 0.0714. The van der Waals surface area contributed by atoms with Crippen LogP contribution in [0.25, 0.3) is 10.6 Å². The monoisotopic (exact) mass is 413 g/mol. The third-order valence-corrected chi connectivity index (χ3v) is 5.88. The summed E-state index contributed by atoms with van der Waals surface area (Å²) in [5, 5.41) is 2.90. The molecule has 3 aromatic carbocycles. The SMILES string of the molecule is O=C(c1ccccc1OCc1ccccc1)[C@@H]1O[C@H]1c1csc(-c2ccccc2)n1. The first-order chi connectivity index (χ1) is 14.8. The zero-order chi connectivity index (χ0) is 20.3. The lowest BCUT2D eigenvalue weighted by Gasteiger charge is -2.10. The van der Waals surface area contributed by atoms with Crippen molar-refractivity contribution >= 4 is 17.1 Å². The number of nitrogens with zero attached hydrogens (tertiary/aromatic N) is 1. The summed E-state index contributed by atoms with van der Waals surface area (Å²) >= 11 is 1.56. The number of hydrogen-bond donors (Lipinski definition) is 0. The zero-order valence-corrected chi connectivity index (χ0v) is 16.9. The molecule has 2 heterocycles. The number of carbonyl (C=O) groups is 1. The molecule has 0 amide bonds. The van der Waals surface area contributed by atoms with Crippen LogP contribution in [0.15, 0.2) is 90.3 Å². The Morgan fingerprint density at radius 2 is 1.63 bits per heavy atom. The average Bonchev–Trinajstić information content (AvgIpc) is 3.46. The highest BCUT2D eigenvalue weighted by Crippen LogP contribution is 2.43. The van der Waals surface area contributed by atoms with Crippen molar-refractivity contribution in [1.82, 2.24) is 4.98 Å². The minimum atomic E-state index is -0.516. The quantitative estimate of drug-likeness (QED) is 0.288. The molecular weight excluding hydrogens is 394 g/mol. The van der Waals surface area contributed by atoms with E-state index in [1.54, 1.807) is 17.4 Å². The van der Waals surface area contributed by atoms with Gasteiger partial charge in [0.25, 0.3) is 0 Å². The number of benzene rings is 3. The van der Waals surface area contributed by atoms with Crippen molar-refractivity contribution in [1.29, 1.82) is 0 Å². The van der Waals surface area contributed by atoms with E-state index in [0.717, 1.165) is 21.8 Å². The van der Waals surface area contributed by atoms with Gasteiger partial charge in [-0.05, 0) is 17.7 Å². The molecular formula is C25H19NO3S. The van der Waals surface area contributed by atoms with E-state index in [9.17, 15) is 4.79 Å². The van der Waals surface area contributed by atoms with Crippen molar-refractivity contribution in [2.45, 2.75) is 18.8 Å². The molecule has 4 nitrogen and oxygen atoms in total. The van der Waals surface area contributed by atoms with Crippen molar-refractivity contribution in [2.75, 3.05) is 0 Å². The van der Waals surface area contributed by atoms with Crippen LogP contribution in [0.3, 0.4) is 0 Å². The Labute approximate surface area is 178 Å². The van der Waals surface area contributed by atoms with E-state index in [4.69, 9.17) is 9.47 Å². The Morgan fingerprint density at radius 1 is 0.933 bits per heavy atom. The highest BCUT2D eigenvalue weighted by atomic mass is 32.1. The van der Waals surface area contributed by atoms with Crippen LogP contribution in [-0.2, 0) is 11.3 Å². The summed E-state index contributed by atoms with van der Waals surface area (Å²) in [5.74, 6) is 0.502. The maximum atomic E-state index is 13.1. The second-order valence-corrected chi connectivity index (χ2v) is 7.91. The number of ether oxygens (including phenoxy) is 2. The predicted molar refractivity (Wildman–Crippen MR) is 117 cm³/mol. The normalized spacial score (nSPS) is 17.5. The van der Waals surface area contributed by atoms with Crippen LogP contribution in [0, 0.1) is 0 Å². The number of hydrogen-bond acceptors (Lipinski definition) is 5. The van der Waals surface area contributed by atoms with Crippen LogP contribution < -0.4 is 4.74 Å². The molecule has 0 radical (unpaired) electrons. The van der Waals surface area contributed by atoms with Gasteiger partial charge in [0.05, 0.1) is 11.3 Å². The highest BCUT2D eigenvalue weighted by Gasteiger charge is 2.48. The van der Waals surface area contributed by atoms with Crippen LogP contribution >= 0.6 is 11.3 Å². The minimum Gasteiger partial charge on any atom is -0.488 e. The number of Topliss-reactive ketones (excluding diaryl/α,β-unsaturated/α-hetero) is 1. The predicted octanol–water partition coefficient (Wildman–Crippen LogP) is 5.71. The summed E-state index contributed by atoms with van der Waals surface area (Å²) in [6.45, 7) is 0.409. The van der Waals surface area contributed by atoms with Gasteiger partial charge in [0.15, 0.2) is 11.9 Å². The highest BCUT2D eigenvalue weighted by molar-refractivity contribution is 7.13. The molecule has 0 aliphatic carbocycles. The molecule has 1 saturated heterocycles. The summed E-state index contributed by atoms with van der Waals surface area (Å²) in [6, 6.07) is 27.2. The van der Waals surface area contributed by atoms with Gasteiger partial charge in [-0.15, -0.1) is 11.3 Å². The molecule has 0 N–H and O–H groups in total. The second kappa shape index (κ2) is 8.22. The van der Waals surface area contributed by atoms with Gasteiger partial charge in [-0.3, -0.25) is 4.79 Å². The van der Waals surface area contributed by atoms with Crippen LogP contribution in [0.5, 0.6) is 5.75 Å². The van der Waals surface area contributed by atoms with E-state index >= 15 is 0 Å². The molecule has 5 rings (SSSR count). The molecule has 0 unspecified atom stereocenters. The van der Waals surface area contributed by atoms with E-state index in [1.807, 2.05) is 84.2 Å².